The van der Waals surface area contributed by atoms with E-state index >= 15 is 0 Å². The van der Waals surface area contributed by atoms with Crippen LogP contribution in [0.4, 0.5) is 5.69 Å². The third-order valence-corrected chi connectivity index (χ3v) is 3.10. The molecule has 0 aliphatic carbocycles. The van der Waals surface area contributed by atoms with Gasteiger partial charge in [-0.05, 0) is 30.0 Å². The van der Waals surface area contributed by atoms with E-state index in [4.69, 9.17) is 5.73 Å². The summed E-state index contributed by atoms with van der Waals surface area (Å²) < 4.78 is 0.794. The number of rotatable bonds is 4. The quantitative estimate of drug-likeness (QED) is 0.743. The normalized spacial score (nSPS) is 13.1. The second-order valence-electron chi connectivity index (χ2n) is 5.86. The first kappa shape index (κ1) is 16.0. The van der Waals surface area contributed by atoms with E-state index in [2.05, 4.69) is 21.2 Å². The van der Waals surface area contributed by atoms with Gasteiger partial charge in [0.15, 0.2) is 0 Å². The van der Waals surface area contributed by atoms with E-state index in [1.54, 1.807) is 18.2 Å². The fourth-order valence-corrected chi connectivity index (χ4v) is 2.17. The van der Waals surface area contributed by atoms with Crippen molar-refractivity contribution in [1.29, 1.82) is 0 Å². The van der Waals surface area contributed by atoms with Crippen LogP contribution in [0.15, 0.2) is 22.7 Å². The molecule has 4 N–H and O–H groups in total. The molecule has 106 valence electrons. The van der Waals surface area contributed by atoms with Crippen molar-refractivity contribution < 1.29 is 9.90 Å². The Morgan fingerprint density at radius 2 is 2.11 bits per heavy atom. The standard InChI is InChI=1S/C14H21BrN2O2/c1-14(2,3)7-10(18)8-17-13(19)11-6-9(15)4-5-12(11)16/h4-6,10,18H,7-8,16H2,1-3H3,(H,17,19). The van der Waals surface area contributed by atoms with Gasteiger partial charge in [0.1, 0.15) is 0 Å². The van der Waals surface area contributed by atoms with Crippen molar-refractivity contribution in [1.82, 2.24) is 5.32 Å². The molecule has 0 spiro atoms. The lowest BCUT2D eigenvalue weighted by Gasteiger charge is -2.22. The number of anilines is 1. The van der Waals surface area contributed by atoms with Gasteiger partial charge in [0.2, 0.25) is 0 Å². The lowest BCUT2D eigenvalue weighted by Crippen LogP contribution is -2.34. The number of nitrogens with one attached hydrogen (secondary N) is 1. The average molecular weight is 329 g/mol. The van der Waals surface area contributed by atoms with Crippen LogP contribution in [0.2, 0.25) is 0 Å². The fourth-order valence-electron chi connectivity index (χ4n) is 1.81. The molecule has 0 fully saturated rings. The molecule has 19 heavy (non-hydrogen) atoms. The molecule has 1 atom stereocenters. The van der Waals surface area contributed by atoms with Crippen LogP contribution in [-0.4, -0.2) is 23.7 Å². The third-order valence-electron chi connectivity index (χ3n) is 2.61. The van der Waals surface area contributed by atoms with Crippen molar-refractivity contribution in [3.05, 3.63) is 28.2 Å². The van der Waals surface area contributed by atoms with Crippen molar-refractivity contribution in [2.75, 3.05) is 12.3 Å². The lowest BCUT2D eigenvalue weighted by molar-refractivity contribution is 0.0869. The number of nitrogen functional groups attached to an aromatic ring is 1. The SMILES string of the molecule is CC(C)(C)CC(O)CNC(=O)c1cc(Br)ccc1N. The molecule has 0 bridgehead atoms. The van der Waals surface area contributed by atoms with Crippen LogP contribution in [0.25, 0.3) is 0 Å². The Kier molecular flexibility index (Phi) is 5.38. The Balaban J connectivity index is 2.58. The fraction of sp³-hybridized carbons (Fsp3) is 0.500. The van der Waals surface area contributed by atoms with Gasteiger partial charge in [-0.15, -0.1) is 0 Å². The summed E-state index contributed by atoms with van der Waals surface area (Å²) in [6, 6.07) is 5.12. The van der Waals surface area contributed by atoms with E-state index in [1.165, 1.54) is 0 Å². The first-order valence-corrected chi connectivity index (χ1v) is 6.99. The molecule has 0 aliphatic rings. The topological polar surface area (TPSA) is 75.3 Å². The molecule has 1 amide bonds. The zero-order valence-corrected chi connectivity index (χ0v) is 13.1. The molecule has 0 radical (unpaired) electrons. The molecule has 0 aromatic heterocycles. The predicted molar refractivity (Wildman–Crippen MR) is 81.0 cm³/mol. The highest BCUT2D eigenvalue weighted by Crippen LogP contribution is 2.21. The van der Waals surface area contributed by atoms with Crippen LogP contribution in [-0.2, 0) is 0 Å². The second-order valence-corrected chi connectivity index (χ2v) is 6.78. The predicted octanol–water partition coefficient (Wildman–Crippen LogP) is 2.56. The number of amides is 1. The monoisotopic (exact) mass is 328 g/mol. The minimum absolute atomic E-state index is 0.0267. The Morgan fingerprint density at radius 3 is 2.68 bits per heavy atom. The maximum Gasteiger partial charge on any atom is 0.253 e. The van der Waals surface area contributed by atoms with Gasteiger partial charge in [0.05, 0.1) is 11.7 Å². The lowest BCUT2D eigenvalue weighted by atomic mass is 9.89. The van der Waals surface area contributed by atoms with Gasteiger partial charge in [-0.1, -0.05) is 36.7 Å². The van der Waals surface area contributed by atoms with Gasteiger partial charge < -0.3 is 16.2 Å². The summed E-state index contributed by atoms with van der Waals surface area (Å²) in [6.45, 7) is 6.36. The number of aliphatic hydroxyl groups excluding tert-OH is 1. The molecular formula is C14H21BrN2O2. The maximum atomic E-state index is 12.0. The largest absolute Gasteiger partial charge is 0.398 e. The first-order chi connectivity index (χ1) is 8.69. The van der Waals surface area contributed by atoms with Gasteiger partial charge in [-0.3, -0.25) is 4.79 Å². The van der Waals surface area contributed by atoms with Crippen LogP contribution < -0.4 is 11.1 Å². The van der Waals surface area contributed by atoms with Crippen molar-refractivity contribution >= 4 is 27.5 Å². The van der Waals surface area contributed by atoms with E-state index in [0.29, 0.717) is 17.7 Å². The number of aliphatic hydroxyl groups is 1. The highest BCUT2D eigenvalue weighted by Gasteiger charge is 2.18. The molecule has 4 nitrogen and oxygen atoms in total. The van der Waals surface area contributed by atoms with E-state index in [9.17, 15) is 9.90 Å². The minimum Gasteiger partial charge on any atom is -0.398 e. The maximum absolute atomic E-state index is 12.0. The summed E-state index contributed by atoms with van der Waals surface area (Å²) in [7, 11) is 0. The summed E-state index contributed by atoms with van der Waals surface area (Å²) in [5.41, 5.74) is 6.62. The molecule has 0 saturated heterocycles. The number of carbonyl (C=O) groups excluding carboxylic acids is 1. The van der Waals surface area contributed by atoms with Gasteiger partial charge >= 0.3 is 0 Å². The van der Waals surface area contributed by atoms with E-state index in [1.807, 2.05) is 20.8 Å². The summed E-state index contributed by atoms with van der Waals surface area (Å²) >= 11 is 3.30. The summed E-state index contributed by atoms with van der Waals surface area (Å²) in [5, 5.41) is 12.5. The van der Waals surface area contributed by atoms with E-state index < -0.39 is 6.10 Å². The van der Waals surface area contributed by atoms with Crippen molar-refractivity contribution in [3.8, 4) is 0 Å². The molecular weight excluding hydrogens is 308 g/mol. The summed E-state index contributed by atoms with van der Waals surface area (Å²) in [4.78, 5) is 12.0. The Bertz CT molecular complexity index is 455. The van der Waals surface area contributed by atoms with Gasteiger partial charge in [0, 0.05) is 16.7 Å². The van der Waals surface area contributed by atoms with Crippen LogP contribution in [0, 0.1) is 5.41 Å². The van der Waals surface area contributed by atoms with Crippen LogP contribution >= 0.6 is 15.9 Å². The molecule has 1 unspecified atom stereocenters. The van der Waals surface area contributed by atoms with Crippen molar-refractivity contribution in [3.63, 3.8) is 0 Å². The third kappa shape index (κ3) is 5.61. The first-order valence-electron chi connectivity index (χ1n) is 6.20. The Morgan fingerprint density at radius 1 is 1.47 bits per heavy atom. The summed E-state index contributed by atoms with van der Waals surface area (Å²) in [6.07, 6.45) is 0.0682. The molecule has 5 heteroatoms. The highest BCUT2D eigenvalue weighted by atomic mass is 79.9. The van der Waals surface area contributed by atoms with Crippen molar-refractivity contribution in [2.24, 2.45) is 5.41 Å². The number of carbonyl (C=O) groups is 1. The number of hydrogen-bond donors (Lipinski definition) is 3. The Labute approximate surface area is 122 Å². The zero-order valence-electron chi connectivity index (χ0n) is 11.5. The second kappa shape index (κ2) is 6.39. The van der Waals surface area contributed by atoms with E-state index in [0.717, 1.165) is 4.47 Å². The van der Waals surface area contributed by atoms with E-state index in [-0.39, 0.29) is 17.9 Å². The van der Waals surface area contributed by atoms with Crippen LogP contribution in [0.1, 0.15) is 37.6 Å². The Hall–Kier alpha value is -1.07. The smallest absolute Gasteiger partial charge is 0.253 e. The van der Waals surface area contributed by atoms with Crippen molar-refractivity contribution in [2.45, 2.75) is 33.3 Å². The number of hydrogen-bond acceptors (Lipinski definition) is 3. The number of nitrogens with two attached hydrogens (primary N) is 1. The van der Waals surface area contributed by atoms with Gasteiger partial charge in [-0.25, -0.2) is 0 Å². The zero-order chi connectivity index (χ0) is 14.6. The molecule has 1 rings (SSSR count). The number of benzene rings is 1. The molecule has 0 saturated carbocycles. The number of halogens is 1. The van der Waals surface area contributed by atoms with Gasteiger partial charge in [0.25, 0.3) is 5.91 Å². The van der Waals surface area contributed by atoms with Crippen LogP contribution in [0.3, 0.4) is 0 Å². The highest BCUT2D eigenvalue weighted by molar-refractivity contribution is 9.10. The summed E-state index contributed by atoms with van der Waals surface area (Å²) in [5.74, 6) is -0.272. The molecule has 0 aliphatic heterocycles. The molecule has 1 aromatic carbocycles. The molecule has 0 heterocycles. The molecule has 1 aromatic rings. The van der Waals surface area contributed by atoms with Gasteiger partial charge in [-0.2, -0.15) is 0 Å². The minimum atomic E-state index is -0.558. The van der Waals surface area contributed by atoms with Crippen LogP contribution in [0.5, 0.6) is 0 Å². The average Bonchev–Trinajstić information content (AvgIpc) is 2.27.